The van der Waals surface area contributed by atoms with E-state index in [-0.39, 0.29) is 10.9 Å². The number of hydrogen-bond donors (Lipinski definition) is 3. The van der Waals surface area contributed by atoms with Gasteiger partial charge in [-0.1, -0.05) is 17.7 Å². The Morgan fingerprint density at radius 2 is 1.84 bits per heavy atom. The van der Waals surface area contributed by atoms with Crippen LogP contribution in [0.25, 0.3) is 0 Å². The van der Waals surface area contributed by atoms with E-state index in [2.05, 4.69) is 5.32 Å². The lowest BCUT2D eigenvalue weighted by Gasteiger charge is -2.10. The Morgan fingerprint density at radius 1 is 1.08 bits per heavy atom. The maximum absolute atomic E-state index is 9.29. The van der Waals surface area contributed by atoms with E-state index >= 15 is 0 Å². The van der Waals surface area contributed by atoms with Crippen molar-refractivity contribution in [3.63, 3.8) is 0 Å². The zero-order valence-electron chi connectivity index (χ0n) is 13.7. The minimum absolute atomic E-state index is 0.127. The predicted molar refractivity (Wildman–Crippen MR) is 105 cm³/mol. The predicted octanol–water partition coefficient (Wildman–Crippen LogP) is 4.33. The highest BCUT2D eigenvalue weighted by Gasteiger charge is 2.02. The molecule has 25 heavy (non-hydrogen) atoms. The molecule has 2 aromatic carbocycles. The van der Waals surface area contributed by atoms with Crippen LogP contribution in [0.4, 0.5) is 5.69 Å². The second-order valence-corrected chi connectivity index (χ2v) is 6.24. The molecule has 0 saturated carbocycles. The highest BCUT2D eigenvalue weighted by molar-refractivity contribution is 7.80. The Bertz CT molecular complexity index is 712. The van der Waals surface area contributed by atoms with Gasteiger partial charge >= 0.3 is 0 Å². The maximum Gasteiger partial charge on any atom is 0.168 e. The number of benzene rings is 2. The molecule has 0 unspecified atom stereocenters. The van der Waals surface area contributed by atoms with Gasteiger partial charge in [0.15, 0.2) is 5.11 Å². The minimum Gasteiger partial charge on any atom is -0.508 e. The first-order valence-electron chi connectivity index (χ1n) is 7.95. The van der Waals surface area contributed by atoms with E-state index in [0.717, 1.165) is 30.7 Å². The third kappa shape index (κ3) is 7.07. The van der Waals surface area contributed by atoms with E-state index in [1.54, 1.807) is 12.1 Å². The third-order valence-corrected chi connectivity index (χ3v) is 3.73. The van der Waals surface area contributed by atoms with Crippen LogP contribution in [0.3, 0.4) is 0 Å². The van der Waals surface area contributed by atoms with Gasteiger partial charge < -0.3 is 25.6 Å². The van der Waals surface area contributed by atoms with E-state index in [0.29, 0.717) is 24.0 Å². The van der Waals surface area contributed by atoms with E-state index in [4.69, 9.17) is 39.0 Å². The Hall–Kier alpha value is -2.18. The zero-order valence-corrected chi connectivity index (χ0v) is 15.3. The summed E-state index contributed by atoms with van der Waals surface area (Å²) in [6.07, 6.45) is 2.78. The van der Waals surface area contributed by atoms with Gasteiger partial charge in [-0.3, -0.25) is 0 Å². The van der Waals surface area contributed by atoms with E-state index < -0.39 is 0 Å². The van der Waals surface area contributed by atoms with Gasteiger partial charge in [-0.15, -0.1) is 0 Å². The largest absolute Gasteiger partial charge is 0.508 e. The lowest BCUT2D eigenvalue weighted by molar-refractivity contribution is 0.279. The van der Waals surface area contributed by atoms with Gasteiger partial charge in [0.25, 0.3) is 0 Å². The molecule has 0 fully saturated rings. The highest BCUT2D eigenvalue weighted by atomic mass is 35.5. The van der Waals surface area contributed by atoms with Crippen molar-refractivity contribution in [3.05, 3.63) is 47.5 Å². The average molecular weight is 381 g/mol. The molecule has 0 aliphatic rings. The molecule has 0 aliphatic heterocycles. The molecule has 4 N–H and O–H groups in total. The summed E-state index contributed by atoms with van der Waals surface area (Å²) in [7, 11) is 0. The fourth-order valence-corrected chi connectivity index (χ4v) is 2.51. The molecule has 0 atom stereocenters. The van der Waals surface area contributed by atoms with Crippen molar-refractivity contribution in [1.29, 1.82) is 0 Å². The molecule has 7 heteroatoms. The van der Waals surface area contributed by atoms with Gasteiger partial charge in [-0.05, 0) is 55.7 Å². The van der Waals surface area contributed by atoms with Crippen molar-refractivity contribution < 1.29 is 14.6 Å². The van der Waals surface area contributed by atoms with Crippen LogP contribution in [0.15, 0.2) is 42.5 Å². The maximum atomic E-state index is 9.29. The number of hydrogen-bond acceptors (Lipinski definition) is 4. The molecule has 0 bridgehead atoms. The Labute approximate surface area is 157 Å². The summed E-state index contributed by atoms with van der Waals surface area (Å²) in [6, 6.07) is 12.2. The van der Waals surface area contributed by atoms with Gasteiger partial charge in [0.2, 0.25) is 0 Å². The Morgan fingerprint density at radius 3 is 2.56 bits per heavy atom. The van der Waals surface area contributed by atoms with Crippen LogP contribution in [-0.2, 0) is 0 Å². The molecule has 0 radical (unpaired) electrons. The monoisotopic (exact) mass is 380 g/mol. The molecule has 0 amide bonds. The number of ether oxygens (including phenoxy) is 2. The Balaban J connectivity index is 1.61. The lowest BCUT2D eigenvalue weighted by atomic mass is 10.2. The second-order valence-electron chi connectivity index (χ2n) is 5.39. The summed E-state index contributed by atoms with van der Waals surface area (Å²) in [5, 5.41) is 12.8. The molecule has 134 valence electrons. The third-order valence-electron chi connectivity index (χ3n) is 3.33. The first kappa shape index (κ1) is 19.1. The normalized spacial score (nSPS) is 10.3. The fraction of sp³-hybridized carbons (Fsp3) is 0.278. The molecule has 0 aliphatic carbocycles. The minimum atomic E-state index is 0.127. The average Bonchev–Trinajstić information content (AvgIpc) is 2.55. The smallest absolute Gasteiger partial charge is 0.168 e. The number of nitrogens with one attached hydrogen (secondary N) is 1. The quantitative estimate of drug-likeness (QED) is 0.444. The van der Waals surface area contributed by atoms with Crippen LogP contribution < -0.4 is 20.5 Å². The van der Waals surface area contributed by atoms with Crippen molar-refractivity contribution in [2.75, 3.05) is 18.5 Å². The molecular formula is C18H21ClN2O3S. The summed E-state index contributed by atoms with van der Waals surface area (Å²) in [4.78, 5) is 0. The number of rotatable bonds is 9. The molecule has 2 aromatic rings. The van der Waals surface area contributed by atoms with Crippen LogP contribution >= 0.6 is 23.8 Å². The molecule has 0 spiro atoms. The van der Waals surface area contributed by atoms with Crippen LogP contribution in [0.5, 0.6) is 17.2 Å². The van der Waals surface area contributed by atoms with Crippen LogP contribution in [-0.4, -0.2) is 23.4 Å². The fourth-order valence-electron chi connectivity index (χ4n) is 2.17. The van der Waals surface area contributed by atoms with Crippen molar-refractivity contribution in [3.8, 4) is 17.2 Å². The molecule has 0 aromatic heterocycles. The summed E-state index contributed by atoms with van der Waals surface area (Å²) >= 11 is 10.8. The van der Waals surface area contributed by atoms with E-state index in [1.165, 1.54) is 6.07 Å². The number of anilines is 1. The SMILES string of the molecule is NC(=S)Nc1cccc(OCCCCCOc2ccc(O)cc2Cl)c1. The van der Waals surface area contributed by atoms with Crippen LogP contribution in [0.1, 0.15) is 19.3 Å². The van der Waals surface area contributed by atoms with Gasteiger partial charge in [0.1, 0.15) is 17.2 Å². The summed E-state index contributed by atoms with van der Waals surface area (Å²) in [5.74, 6) is 1.48. The number of unbranched alkanes of at least 4 members (excludes halogenated alkanes) is 2. The molecule has 0 saturated heterocycles. The summed E-state index contributed by atoms with van der Waals surface area (Å²) in [6.45, 7) is 1.19. The van der Waals surface area contributed by atoms with Crippen molar-refractivity contribution >= 4 is 34.6 Å². The summed E-state index contributed by atoms with van der Waals surface area (Å²) in [5.41, 5.74) is 6.26. The molecule has 2 rings (SSSR count). The van der Waals surface area contributed by atoms with Gasteiger partial charge in [-0.25, -0.2) is 0 Å². The summed E-state index contributed by atoms with van der Waals surface area (Å²) < 4.78 is 11.3. The van der Waals surface area contributed by atoms with E-state index in [9.17, 15) is 5.11 Å². The number of nitrogens with two attached hydrogens (primary N) is 1. The van der Waals surface area contributed by atoms with Crippen LogP contribution in [0.2, 0.25) is 5.02 Å². The molecule has 0 heterocycles. The zero-order chi connectivity index (χ0) is 18.1. The molecular weight excluding hydrogens is 360 g/mol. The first-order chi connectivity index (χ1) is 12.0. The van der Waals surface area contributed by atoms with Gasteiger partial charge in [0, 0.05) is 17.8 Å². The highest BCUT2D eigenvalue weighted by Crippen LogP contribution is 2.28. The number of phenolic OH excluding ortho intramolecular Hbond substituents is 1. The number of aromatic hydroxyl groups is 1. The van der Waals surface area contributed by atoms with Gasteiger partial charge in [-0.2, -0.15) is 0 Å². The van der Waals surface area contributed by atoms with Crippen molar-refractivity contribution in [2.45, 2.75) is 19.3 Å². The van der Waals surface area contributed by atoms with Crippen LogP contribution in [0, 0.1) is 0 Å². The van der Waals surface area contributed by atoms with Crippen molar-refractivity contribution in [1.82, 2.24) is 0 Å². The first-order valence-corrected chi connectivity index (χ1v) is 8.74. The number of thiocarbonyl (C=S) groups is 1. The number of phenols is 1. The number of halogens is 1. The second kappa shape index (κ2) is 9.96. The standard InChI is InChI=1S/C18H21ClN2O3S/c19-16-12-14(22)7-8-17(16)24-10-3-1-2-9-23-15-6-4-5-13(11-15)21-18(20)25/h4-8,11-12,22H,1-3,9-10H2,(H3,20,21,25). The van der Waals surface area contributed by atoms with E-state index in [1.807, 2.05) is 24.3 Å². The van der Waals surface area contributed by atoms with Gasteiger partial charge in [0.05, 0.1) is 18.2 Å². The van der Waals surface area contributed by atoms with Crippen molar-refractivity contribution in [2.24, 2.45) is 5.73 Å². The Kier molecular flexibility index (Phi) is 7.63. The topological polar surface area (TPSA) is 76.7 Å². The molecule has 5 nitrogen and oxygen atoms in total. The lowest BCUT2D eigenvalue weighted by Crippen LogP contribution is -2.18.